The Balaban J connectivity index is 0.000000262. The molecule has 1 radical (unpaired) electrons. The standard InChI is InChI=1S/2C16H26N3.2C2H4O2.Cu/c2*1-19-12-11-17-15(19)13-18-14-5-9-16(10-6-14)7-3-2-4-8-16;2*1-2(3)4;/h2*11-12,14H,2-10,13H2,1H3;2*1H3,(H,3,4);/q2*-1;;;+2. The molecule has 0 atom stereocenters. The smallest absolute Gasteiger partial charge is 0.653 e. The molecule has 0 aromatic carbocycles. The van der Waals surface area contributed by atoms with E-state index < -0.39 is 11.9 Å². The summed E-state index contributed by atoms with van der Waals surface area (Å²) in [5.41, 5.74) is 1.43. The minimum atomic E-state index is -0.833. The third kappa shape index (κ3) is 14.8. The maximum Gasteiger partial charge on any atom is 2.00 e. The Kier molecular flexibility index (Phi) is 18.3. The molecule has 269 valence electrons. The van der Waals surface area contributed by atoms with Gasteiger partial charge in [0.05, 0.1) is 11.6 Å². The van der Waals surface area contributed by atoms with E-state index in [-0.39, 0.29) is 17.1 Å². The fourth-order valence-corrected chi connectivity index (χ4v) is 7.92. The normalized spacial score (nSPS) is 21.5. The predicted octanol–water partition coefficient (Wildman–Crippen LogP) is 8.55. The molecule has 4 aliphatic carbocycles. The third-order valence-corrected chi connectivity index (χ3v) is 10.7. The number of aliphatic carboxylic acids is 2. The summed E-state index contributed by atoms with van der Waals surface area (Å²) in [5.74, 6) is 0.524. The van der Waals surface area contributed by atoms with Crippen LogP contribution >= 0.6 is 0 Å². The van der Waals surface area contributed by atoms with E-state index in [0.29, 0.717) is 22.9 Å². The Morgan fingerprint density at radius 3 is 1.21 bits per heavy atom. The maximum atomic E-state index is 9.00. The quantitative estimate of drug-likeness (QED) is 0.289. The van der Waals surface area contributed by atoms with Crippen LogP contribution in [0.4, 0.5) is 0 Å². The Labute approximate surface area is 293 Å². The first-order chi connectivity index (χ1) is 22.0. The van der Waals surface area contributed by atoms with Crippen LogP contribution in [0.3, 0.4) is 0 Å². The van der Waals surface area contributed by atoms with Gasteiger partial charge in [-0.3, -0.25) is 9.59 Å². The molecule has 11 heteroatoms. The van der Waals surface area contributed by atoms with Crippen LogP contribution in [0.5, 0.6) is 0 Å². The van der Waals surface area contributed by atoms with Crippen molar-refractivity contribution in [2.24, 2.45) is 24.9 Å². The summed E-state index contributed by atoms with van der Waals surface area (Å²) in [6, 6.07) is 1.17. The topological polar surface area (TPSA) is 138 Å². The Morgan fingerprint density at radius 1 is 0.660 bits per heavy atom. The summed E-state index contributed by atoms with van der Waals surface area (Å²) in [7, 11) is 4.10. The van der Waals surface area contributed by atoms with Gasteiger partial charge in [0.1, 0.15) is 0 Å². The number of carboxylic acid groups (broad SMARTS) is 2. The van der Waals surface area contributed by atoms with Crippen LogP contribution in [-0.2, 0) is 53.8 Å². The zero-order chi connectivity index (χ0) is 33.4. The van der Waals surface area contributed by atoms with Gasteiger partial charge < -0.3 is 30.0 Å². The molecule has 6 rings (SSSR count). The minimum Gasteiger partial charge on any atom is -0.653 e. The van der Waals surface area contributed by atoms with Crippen molar-refractivity contribution in [1.29, 1.82) is 0 Å². The summed E-state index contributed by atoms with van der Waals surface area (Å²) < 4.78 is 4.16. The van der Waals surface area contributed by atoms with Crippen molar-refractivity contribution in [3.63, 3.8) is 0 Å². The molecule has 2 spiro atoms. The molecule has 2 heterocycles. The van der Waals surface area contributed by atoms with Gasteiger partial charge in [0.2, 0.25) is 0 Å². The van der Waals surface area contributed by atoms with E-state index in [4.69, 9.17) is 30.4 Å². The fraction of sp³-hybridized carbons (Fsp3) is 0.778. The van der Waals surface area contributed by atoms with E-state index >= 15 is 0 Å². The molecule has 2 aromatic rings. The monoisotopic (exact) mass is 703 g/mol. The molecule has 0 aliphatic heterocycles. The molecular formula is C36H60CuN6O4. The van der Waals surface area contributed by atoms with E-state index in [9.17, 15) is 0 Å². The van der Waals surface area contributed by atoms with Gasteiger partial charge in [-0.15, -0.1) is 12.1 Å². The molecule has 4 fully saturated rings. The van der Waals surface area contributed by atoms with Gasteiger partial charge >= 0.3 is 17.1 Å². The first kappa shape index (κ1) is 41.0. The fourth-order valence-electron chi connectivity index (χ4n) is 7.92. The summed E-state index contributed by atoms with van der Waals surface area (Å²) in [6.45, 7) is 3.75. The van der Waals surface area contributed by atoms with Crippen molar-refractivity contribution >= 4 is 11.9 Å². The van der Waals surface area contributed by atoms with Crippen LogP contribution in [-0.4, -0.2) is 53.3 Å². The Bertz CT molecular complexity index is 1050. The number of carbonyl (C=O) groups is 2. The van der Waals surface area contributed by atoms with Gasteiger partial charge in [-0.05, 0) is 62.2 Å². The van der Waals surface area contributed by atoms with Gasteiger partial charge in [-0.2, -0.15) is 0 Å². The molecule has 0 amide bonds. The van der Waals surface area contributed by atoms with Crippen LogP contribution in [0.15, 0.2) is 24.8 Å². The van der Waals surface area contributed by atoms with E-state index in [2.05, 4.69) is 33.2 Å². The number of hydrogen-bond acceptors (Lipinski definition) is 4. The third-order valence-electron chi connectivity index (χ3n) is 10.7. The number of nitrogens with zero attached hydrogens (tertiary/aromatic N) is 6. The second kappa shape index (κ2) is 21.0. The van der Waals surface area contributed by atoms with Crippen LogP contribution in [0.25, 0.3) is 10.6 Å². The van der Waals surface area contributed by atoms with Gasteiger partial charge in [-0.1, -0.05) is 77.3 Å². The average Bonchev–Trinajstić information content (AvgIpc) is 3.64. The summed E-state index contributed by atoms with van der Waals surface area (Å²) in [5, 5.41) is 24.6. The van der Waals surface area contributed by atoms with Gasteiger partial charge in [0, 0.05) is 52.7 Å². The Morgan fingerprint density at radius 2 is 0.957 bits per heavy atom. The van der Waals surface area contributed by atoms with E-state index in [0.717, 1.165) is 38.6 Å². The van der Waals surface area contributed by atoms with E-state index in [1.165, 1.54) is 116 Å². The van der Waals surface area contributed by atoms with Crippen molar-refractivity contribution in [3.8, 4) is 0 Å². The molecule has 4 saturated carbocycles. The number of aromatic nitrogens is 4. The minimum absolute atomic E-state index is 0. The first-order valence-corrected chi connectivity index (χ1v) is 17.7. The summed E-state index contributed by atoms with van der Waals surface area (Å²) in [4.78, 5) is 26.7. The SMILES string of the molecule is CC(=O)O.CC(=O)O.Cn1ccnc1C[N-]C1CCC2(CCCCC2)CC1.Cn1ccnc1C[N-]C1CCC2(CCCCC2)CC1.[Cu+2]. The molecule has 0 unspecified atom stereocenters. The average molecular weight is 704 g/mol. The van der Waals surface area contributed by atoms with Crippen LogP contribution in [0.1, 0.15) is 141 Å². The molecule has 0 bridgehead atoms. The molecule has 47 heavy (non-hydrogen) atoms. The largest absolute Gasteiger partial charge is 2.00 e. The molecule has 10 nitrogen and oxygen atoms in total. The molecule has 2 N–H and O–H groups in total. The zero-order valence-electron chi connectivity index (χ0n) is 29.3. The van der Waals surface area contributed by atoms with Crippen LogP contribution in [0, 0.1) is 10.8 Å². The molecule has 4 aliphatic rings. The molecule has 2 aromatic heterocycles. The van der Waals surface area contributed by atoms with Gasteiger partial charge in [0.25, 0.3) is 11.9 Å². The van der Waals surface area contributed by atoms with E-state index in [1.54, 1.807) is 0 Å². The van der Waals surface area contributed by atoms with Crippen molar-refractivity contribution in [2.45, 2.75) is 155 Å². The predicted molar refractivity (Wildman–Crippen MR) is 183 cm³/mol. The van der Waals surface area contributed by atoms with Crippen molar-refractivity contribution < 1.29 is 36.9 Å². The number of rotatable bonds is 6. The summed E-state index contributed by atoms with van der Waals surface area (Å²) >= 11 is 0. The number of hydrogen-bond donors (Lipinski definition) is 2. The Hall–Kier alpha value is -2.20. The molecule has 0 saturated heterocycles. The second-order valence-electron chi connectivity index (χ2n) is 14.2. The van der Waals surface area contributed by atoms with Gasteiger partial charge in [0.15, 0.2) is 0 Å². The van der Waals surface area contributed by atoms with Gasteiger partial charge in [-0.25, -0.2) is 9.97 Å². The van der Waals surface area contributed by atoms with Crippen LogP contribution < -0.4 is 0 Å². The van der Waals surface area contributed by atoms with Crippen molar-refractivity contribution in [2.75, 3.05) is 0 Å². The van der Waals surface area contributed by atoms with Crippen molar-refractivity contribution in [3.05, 3.63) is 47.1 Å². The maximum absolute atomic E-state index is 9.00. The second-order valence-corrected chi connectivity index (χ2v) is 14.2. The number of imidazole rings is 2. The molecular weight excluding hydrogens is 644 g/mol. The number of aryl methyl sites for hydroxylation is 2. The van der Waals surface area contributed by atoms with Crippen LogP contribution in [0.2, 0.25) is 0 Å². The van der Waals surface area contributed by atoms with Crippen molar-refractivity contribution in [1.82, 2.24) is 19.1 Å². The zero-order valence-corrected chi connectivity index (χ0v) is 30.2. The first-order valence-electron chi connectivity index (χ1n) is 17.7. The number of carboxylic acids is 2. The summed E-state index contributed by atoms with van der Waals surface area (Å²) in [6.07, 6.45) is 33.4. The van der Waals surface area contributed by atoms with E-state index in [1.807, 2.05) is 24.8 Å².